The molecule has 0 saturated carbocycles. The summed E-state index contributed by atoms with van der Waals surface area (Å²) in [5.41, 5.74) is 2.48. The summed E-state index contributed by atoms with van der Waals surface area (Å²) in [4.78, 5) is 13.2. The molecule has 1 amide bonds. The van der Waals surface area contributed by atoms with Crippen LogP contribution in [0.25, 0.3) is 0 Å². The molecular formula is C14H13N5OS. The highest BCUT2D eigenvalue weighted by molar-refractivity contribution is 8.00. The van der Waals surface area contributed by atoms with Gasteiger partial charge in [-0.15, -0.1) is 16.9 Å². The largest absolute Gasteiger partial charge is 0.327 e. The van der Waals surface area contributed by atoms with Crippen molar-refractivity contribution in [2.24, 2.45) is 0 Å². The Bertz CT molecular complexity index is 703. The third kappa shape index (κ3) is 2.76. The Morgan fingerprint density at radius 2 is 2.19 bits per heavy atom. The second-order valence-corrected chi connectivity index (χ2v) is 5.89. The van der Waals surface area contributed by atoms with Gasteiger partial charge in [-0.05, 0) is 17.7 Å². The maximum absolute atomic E-state index is 11.5. The lowest BCUT2D eigenvalue weighted by Crippen LogP contribution is -2.23. The Balaban J connectivity index is 1.73. The Morgan fingerprint density at radius 3 is 2.81 bits per heavy atom. The molecule has 0 bridgehead atoms. The van der Waals surface area contributed by atoms with Gasteiger partial charge in [-0.25, -0.2) is 4.68 Å². The third-order valence-electron chi connectivity index (χ3n) is 3.35. The van der Waals surface area contributed by atoms with Crippen LogP contribution in [0.5, 0.6) is 0 Å². The topological polar surface area (TPSA) is 74.8 Å². The number of nitriles is 1. The summed E-state index contributed by atoms with van der Waals surface area (Å²) in [7, 11) is 1.78. The first-order valence-corrected chi connectivity index (χ1v) is 7.48. The fourth-order valence-corrected chi connectivity index (χ4v) is 3.28. The number of carbonyl (C=O) groups is 1. The van der Waals surface area contributed by atoms with Gasteiger partial charge in [-0.3, -0.25) is 4.79 Å². The monoisotopic (exact) mass is 299 g/mol. The van der Waals surface area contributed by atoms with Crippen molar-refractivity contribution >= 4 is 17.7 Å². The molecule has 0 radical (unpaired) electrons. The van der Waals surface area contributed by atoms with Crippen LogP contribution in [0.4, 0.5) is 0 Å². The van der Waals surface area contributed by atoms with E-state index in [1.54, 1.807) is 40.5 Å². The first-order valence-electron chi connectivity index (χ1n) is 6.43. The molecule has 0 spiro atoms. The molecule has 3 rings (SSSR count). The number of hydrogen-bond acceptors (Lipinski definition) is 5. The molecule has 1 atom stereocenters. The molecule has 1 saturated heterocycles. The molecule has 2 aromatic rings. The zero-order chi connectivity index (χ0) is 14.8. The summed E-state index contributed by atoms with van der Waals surface area (Å²) in [6.45, 7) is 0.591. The zero-order valence-electron chi connectivity index (χ0n) is 11.4. The number of thioether (sulfide) groups is 1. The Hall–Kier alpha value is -2.33. The Kier molecular flexibility index (Phi) is 3.62. The first-order chi connectivity index (χ1) is 10.2. The predicted molar refractivity (Wildman–Crippen MR) is 78.3 cm³/mol. The molecule has 2 heterocycles. The van der Waals surface area contributed by atoms with E-state index >= 15 is 0 Å². The minimum Gasteiger partial charge on any atom is -0.327 e. The molecule has 1 aromatic heterocycles. The van der Waals surface area contributed by atoms with E-state index in [0.717, 1.165) is 11.3 Å². The van der Waals surface area contributed by atoms with Crippen molar-refractivity contribution in [3.63, 3.8) is 0 Å². The lowest BCUT2D eigenvalue weighted by atomic mass is 10.1. The summed E-state index contributed by atoms with van der Waals surface area (Å²) in [6.07, 6.45) is 1.87. The van der Waals surface area contributed by atoms with Crippen LogP contribution in [-0.4, -0.2) is 38.6 Å². The van der Waals surface area contributed by atoms with Crippen LogP contribution in [0.1, 0.15) is 22.2 Å². The lowest BCUT2D eigenvalue weighted by molar-refractivity contribution is -0.126. The fraction of sp³-hybridized carbons (Fsp3) is 0.286. The van der Waals surface area contributed by atoms with Crippen molar-refractivity contribution < 1.29 is 4.79 Å². The third-order valence-corrected chi connectivity index (χ3v) is 4.63. The van der Waals surface area contributed by atoms with Crippen molar-refractivity contribution in [1.82, 2.24) is 19.9 Å². The van der Waals surface area contributed by atoms with Crippen LogP contribution in [0, 0.1) is 11.3 Å². The molecule has 6 nitrogen and oxygen atoms in total. The maximum atomic E-state index is 11.5. The molecule has 7 heteroatoms. The van der Waals surface area contributed by atoms with Gasteiger partial charge in [0.05, 0.1) is 30.1 Å². The van der Waals surface area contributed by atoms with E-state index in [0.29, 0.717) is 17.9 Å². The number of rotatable bonds is 3. The molecule has 21 heavy (non-hydrogen) atoms. The highest BCUT2D eigenvalue weighted by Gasteiger charge is 2.31. The molecule has 0 aliphatic carbocycles. The maximum Gasteiger partial charge on any atom is 0.233 e. The van der Waals surface area contributed by atoms with Gasteiger partial charge >= 0.3 is 0 Å². The quantitative estimate of drug-likeness (QED) is 0.856. The second kappa shape index (κ2) is 5.58. The fourth-order valence-electron chi connectivity index (χ4n) is 2.15. The van der Waals surface area contributed by atoms with Crippen LogP contribution in [0.2, 0.25) is 0 Å². The first kappa shape index (κ1) is 13.6. The van der Waals surface area contributed by atoms with Crippen LogP contribution >= 0.6 is 11.8 Å². The van der Waals surface area contributed by atoms with E-state index in [1.807, 2.05) is 18.3 Å². The molecular weight excluding hydrogens is 286 g/mol. The molecule has 1 aliphatic rings. The molecule has 0 N–H and O–H groups in total. The second-order valence-electron chi connectivity index (χ2n) is 4.82. The van der Waals surface area contributed by atoms with Gasteiger partial charge in [-0.2, -0.15) is 5.26 Å². The summed E-state index contributed by atoms with van der Waals surface area (Å²) < 4.78 is 1.74. The number of benzene rings is 1. The van der Waals surface area contributed by atoms with Crippen LogP contribution in [0.3, 0.4) is 0 Å². The van der Waals surface area contributed by atoms with E-state index in [2.05, 4.69) is 16.4 Å². The summed E-state index contributed by atoms with van der Waals surface area (Å²) >= 11 is 1.56. The van der Waals surface area contributed by atoms with Gasteiger partial charge in [0.1, 0.15) is 11.1 Å². The van der Waals surface area contributed by atoms with E-state index in [4.69, 9.17) is 5.26 Å². The van der Waals surface area contributed by atoms with Gasteiger partial charge in [0.25, 0.3) is 0 Å². The number of carbonyl (C=O) groups excluding carboxylic acids is 1. The number of hydrogen-bond donors (Lipinski definition) is 0. The Labute approximate surface area is 126 Å². The van der Waals surface area contributed by atoms with Crippen LogP contribution < -0.4 is 0 Å². The summed E-state index contributed by atoms with van der Waals surface area (Å²) in [5.74, 6) is 0.607. The molecule has 0 unspecified atom stereocenters. The zero-order valence-corrected chi connectivity index (χ0v) is 12.2. The highest BCUT2D eigenvalue weighted by atomic mass is 32.2. The van der Waals surface area contributed by atoms with E-state index in [-0.39, 0.29) is 11.3 Å². The number of amides is 1. The van der Waals surface area contributed by atoms with Crippen molar-refractivity contribution in [2.75, 3.05) is 12.8 Å². The smallest absolute Gasteiger partial charge is 0.233 e. The summed E-state index contributed by atoms with van der Waals surface area (Å²) in [6, 6.07) is 9.47. The van der Waals surface area contributed by atoms with Crippen LogP contribution in [0.15, 0.2) is 30.5 Å². The summed E-state index contributed by atoms with van der Waals surface area (Å²) in [5, 5.41) is 17.0. The van der Waals surface area contributed by atoms with E-state index < -0.39 is 0 Å². The van der Waals surface area contributed by atoms with Gasteiger partial charge in [0.15, 0.2) is 0 Å². The standard InChI is InChI=1S/C14H13N5OS/c1-18-13(20)9-21-14(18)12-8-19(17-16-12)7-11-4-2-10(6-15)3-5-11/h2-5,8,14H,7,9H2,1H3/t14-/m1/s1. The number of nitrogens with zero attached hydrogens (tertiary/aromatic N) is 5. The molecule has 1 aromatic carbocycles. The SMILES string of the molecule is CN1C(=O)CS[C@@H]1c1cn(Cc2ccc(C#N)cc2)nn1. The van der Waals surface area contributed by atoms with E-state index in [9.17, 15) is 4.79 Å². The van der Waals surface area contributed by atoms with Gasteiger partial charge in [0.2, 0.25) is 5.91 Å². The van der Waals surface area contributed by atoms with E-state index in [1.165, 1.54) is 0 Å². The number of aromatic nitrogens is 3. The van der Waals surface area contributed by atoms with Gasteiger partial charge in [0, 0.05) is 7.05 Å². The van der Waals surface area contributed by atoms with Gasteiger partial charge in [-0.1, -0.05) is 17.3 Å². The average Bonchev–Trinajstić information content (AvgIpc) is 3.08. The molecule has 1 fully saturated rings. The van der Waals surface area contributed by atoms with Crippen LogP contribution in [-0.2, 0) is 11.3 Å². The van der Waals surface area contributed by atoms with Crippen molar-refractivity contribution in [3.8, 4) is 6.07 Å². The van der Waals surface area contributed by atoms with Gasteiger partial charge < -0.3 is 4.90 Å². The average molecular weight is 299 g/mol. The predicted octanol–water partition coefficient (Wildman–Crippen LogP) is 1.40. The minimum atomic E-state index is -0.0489. The van der Waals surface area contributed by atoms with Crippen molar-refractivity contribution in [3.05, 3.63) is 47.3 Å². The highest BCUT2D eigenvalue weighted by Crippen LogP contribution is 2.35. The molecule has 1 aliphatic heterocycles. The van der Waals surface area contributed by atoms with Crippen molar-refractivity contribution in [1.29, 1.82) is 5.26 Å². The molecule has 106 valence electrons. The Morgan fingerprint density at radius 1 is 1.43 bits per heavy atom. The minimum absolute atomic E-state index is 0.0489. The van der Waals surface area contributed by atoms with Crippen molar-refractivity contribution in [2.45, 2.75) is 11.9 Å². The lowest BCUT2D eigenvalue weighted by Gasteiger charge is -2.15. The normalized spacial score (nSPS) is 18.0.